The molecule has 2 aromatic rings. The molecule has 0 N–H and O–H groups in total. The van der Waals surface area contributed by atoms with Crippen LogP contribution in [0.2, 0.25) is 0 Å². The molecule has 0 bridgehead atoms. The Bertz CT molecular complexity index is 859. The maximum Gasteiger partial charge on any atom is 0.356 e. The lowest BCUT2D eigenvalue weighted by molar-refractivity contribution is -0.144. The standard InChI is InChI=1S/C21H22N2O5/c1-15(24)22-10-12-23(13-11-22)16-6-8-17(9-7-16)27-21(25)20-14-26-18-4-2-3-5-19(18)28-20/h2-9,20H,10-14H2,1H3/t20-/m1/s1. The molecule has 0 aliphatic carbocycles. The van der Waals surface area contributed by atoms with E-state index in [0.29, 0.717) is 30.3 Å². The molecule has 1 fully saturated rings. The van der Waals surface area contributed by atoms with Crippen molar-refractivity contribution >= 4 is 17.6 Å². The molecule has 146 valence electrons. The molecule has 28 heavy (non-hydrogen) atoms. The first-order valence-corrected chi connectivity index (χ1v) is 9.31. The van der Waals surface area contributed by atoms with Gasteiger partial charge in [-0.25, -0.2) is 4.79 Å². The molecule has 1 amide bonds. The van der Waals surface area contributed by atoms with Crippen molar-refractivity contribution in [2.24, 2.45) is 0 Å². The van der Waals surface area contributed by atoms with Gasteiger partial charge in [0, 0.05) is 38.8 Å². The van der Waals surface area contributed by atoms with E-state index in [1.807, 2.05) is 29.2 Å². The first-order chi connectivity index (χ1) is 13.6. The van der Waals surface area contributed by atoms with Crippen LogP contribution in [0.5, 0.6) is 17.2 Å². The van der Waals surface area contributed by atoms with Crippen molar-refractivity contribution in [1.29, 1.82) is 0 Å². The van der Waals surface area contributed by atoms with E-state index in [4.69, 9.17) is 14.2 Å². The van der Waals surface area contributed by atoms with Gasteiger partial charge in [-0.1, -0.05) is 12.1 Å². The molecule has 0 spiro atoms. The SMILES string of the molecule is CC(=O)N1CCN(c2ccc(OC(=O)[C@H]3COc4ccccc4O3)cc2)CC1. The second-order valence-corrected chi connectivity index (χ2v) is 6.77. The zero-order chi connectivity index (χ0) is 19.5. The number of fused-ring (bicyclic) bond motifs is 1. The number of benzene rings is 2. The zero-order valence-corrected chi connectivity index (χ0v) is 15.7. The van der Waals surface area contributed by atoms with Gasteiger partial charge in [-0.2, -0.15) is 0 Å². The Kier molecular flexibility index (Phi) is 5.06. The second-order valence-electron chi connectivity index (χ2n) is 6.77. The molecule has 4 rings (SSSR count). The van der Waals surface area contributed by atoms with Crippen molar-refractivity contribution in [3.8, 4) is 17.2 Å². The van der Waals surface area contributed by atoms with Gasteiger partial charge in [0.1, 0.15) is 12.4 Å². The summed E-state index contributed by atoms with van der Waals surface area (Å²) >= 11 is 0. The molecule has 7 nitrogen and oxygen atoms in total. The van der Waals surface area contributed by atoms with Gasteiger partial charge in [-0.15, -0.1) is 0 Å². The molecule has 0 aromatic heterocycles. The van der Waals surface area contributed by atoms with E-state index in [0.717, 1.165) is 18.8 Å². The Hall–Kier alpha value is -3.22. The third-order valence-electron chi connectivity index (χ3n) is 4.92. The average molecular weight is 382 g/mol. The highest BCUT2D eigenvalue weighted by molar-refractivity contribution is 5.78. The first-order valence-electron chi connectivity index (χ1n) is 9.31. The topological polar surface area (TPSA) is 68.3 Å². The van der Waals surface area contributed by atoms with Crippen LogP contribution in [0.4, 0.5) is 5.69 Å². The van der Waals surface area contributed by atoms with Crippen LogP contribution < -0.4 is 19.1 Å². The third kappa shape index (κ3) is 3.88. The van der Waals surface area contributed by atoms with E-state index in [1.54, 1.807) is 31.2 Å². The summed E-state index contributed by atoms with van der Waals surface area (Å²) < 4.78 is 16.7. The number of esters is 1. The third-order valence-corrected chi connectivity index (χ3v) is 4.92. The fourth-order valence-electron chi connectivity index (χ4n) is 3.32. The minimum atomic E-state index is -0.797. The van der Waals surface area contributed by atoms with Crippen LogP contribution in [0, 0.1) is 0 Å². The van der Waals surface area contributed by atoms with Gasteiger partial charge >= 0.3 is 5.97 Å². The smallest absolute Gasteiger partial charge is 0.356 e. The highest BCUT2D eigenvalue weighted by Crippen LogP contribution is 2.31. The number of nitrogens with zero attached hydrogens (tertiary/aromatic N) is 2. The minimum absolute atomic E-state index is 0.110. The predicted molar refractivity (Wildman–Crippen MR) is 103 cm³/mol. The van der Waals surface area contributed by atoms with E-state index in [-0.39, 0.29) is 12.5 Å². The molecule has 7 heteroatoms. The van der Waals surface area contributed by atoms with Gasteiger partial charge in [0.05, 0.1) is 0 Å². The number of amides is 1. The molecule has 1 saturated heterocycles. The van der Waals surface area contributed by atoms with E-state index < -0.39 is 12.1 Å². The van der Waals surface area contributed by atoms with Crippen molar-refractivity contribution in [3.05, 3.63) is 48.5 Å². The Morgan fingerprint density at radius 2 is 1.64 bits per heavy atom. The normalized spacial score (nSPS) is 18.5. The summed E-state index contributed by atoms with van der Waals surface area (Å²) in [5.74, 6) is 1.24. The minimum Gasteiger partial charge on any atom is -0.485 e. The lowest BCUT2D eigenvalue weighted by atomic mass is 10.2. The summed E-state index contributed by atoms with van der Waals surface area (Å²) in [5.41, 5.74) is 1.04. The number of carbonyl (C=O) groups is 2. The monoisotopic (exact) mass is 382 g/mol. The molecule has 2 aliphatic heterocycles. The number of hydrogen-bond acceptors (Lipinski definition) is 6. The summed E-state index contributed by atoms with van der Waals surface area (Å²) in [4.78, 5) is 27.9. The zero-order valence-electron chi connectivity index (χ0n) is 15.7. The summed E-state index contributed by atoms with van der Waals surface area (Å²) in [6, 6.07) is 14.6. The summed E-state index contributed by atoms with van der Waals surface area (Å²) in [6.45, 7) is 4.71. The Labute approximate surface area is 163 Å². The summed E-state index contributed by atoms with van der Waals surface area (Å²) in [6.07, 6.45) is -0.797. The van der Waals surface area contributed by atoms with Gasteiger partial charge in [0.2, 0.25) is 12.0 Å². The number of rotatable bonds is 3. The Balaban J connectivity index is 1.34. The maximum absolute atomic E-state index is 12.4. The Morgan fingerprint density at radius 3 is 2.32 bits per heavy atom. The van der Waals surface area contributed by atoms with Gasteiger partial charge in [0.25, 0.3) is 0 Å². The van der Waals surface area contributed by atoms with Crippen molar-refractivity contribution in [2.75, 3.05) is 37.7 Å². The fourth-order valence-corrected chi connectivity index (χ4v) is 3.32. The number of para-hydroxylation sites is 2. The number of carbonyl (C=O) groups excluding carboxylic acids is 2. The van der Waals surface area contributed by atoms with Gasteiger partial charge < -0.3 is 24.0 Å². The van der Waals surface area contributed by atoms with E-state index in [1.165, 1.54) is 0 Å². The number of ether oxygens (including phenoxy) is 3. The number of hydrogen-bond donors (Lipinski definition) is 0. The number of piperazine rings is 1. The molecule has 1 atom stereocenters. The van der Waals surface area contributed by atoms with Crippen LogP contribution in [0.1, 0.15) is 6.92 Å². The van der Waals surface area contributed by atoms with Gasteiger partial charge in [0.15, 0.2) is 11.5 Å². The fraction of sp³-hybridized carbons (Fsp3) is 0.333. The highest BCUT2D eigenvalue weighted by atomic mass is 16.6. The van der Waals surface area contributed by atoms with Crippen LogP contribution >= 0.6 is 0 Å². The molecule has 2 aromatic carbocycles. The molecule has 0 unspecified atom stereocenters. The highest BCUT2D eigenvalue weighted by Gasteiger charge is 2.29. The first kappa shape index (κ1) is 18.2. The largest absolute Gasteiger partial charge is 0.485 e. The molecule has 2 aliphatic rings. The Morgan fingerprint density at radius 1 is 0.964 bits per heavy atom. The second kappa shape index (κ2) is 7.80. The molecular weight excluding hydrogens is 360 g/mol. The van der Waals surface area contributed by atoms with Crippen LogP contribution in [0.15, 0.2) is 48.5 Å². The lowest BCUT2D eigenvalue weighted by Gasteiger charge is -2.35. The van der Waals surface area contributed by atoms with Crippen molar-refractivity contribution in [2.45, 2.75) is 13.0 Å². The predicted octanol–water partition coefficient (Wildman–Crippen LogP) is 2.10. The lowest BCUT2D eigenvalue weighted by Crippen LogP contribution is -2.48. The van der Waals surface area contributed by atoms with E-state index in [9.17, 15) is 9.59 Å². The van der Waals surface area contributed by atoms with E-state index >= 15 is 0 Å². The molecule has 0 saturated carbocycles. The van der Waals surface area contributed by atoms with Crippen molar-refractivity contribution < 1.29 is 23.8 Å². The van der Waals surface area contributed by atoms with E-state index in [2.05, 4.69) is 4.90 Å². The summed E-state index contributed by atoms with van der Waals surface area (Å²) in [7, 11) is 0. The maximum atomic E-state index is 12.4. The van der Waals surface area contributed by atoms with Crippen LogP contribution in [-0.4, -0.2) is 55.7 Å². The van der Waals surface area contributed by atoms with Crippen molar-refractivity contribution in [3.63, 3.8) is 0 Å². The van der Waals surface area contributed by atoms with Crippen LogP contribution in [0.3, 0.4) is 0 Å². The molecular formula is C21H22N2O5. The van der Waals surface area contributed by atoms with Gasteiger partial charge in [-0.3, -0.25) is 4.79 Å². The van der Waals surface area contributed by atoms with Crippen molar-refractivity contribution in [1.82, 2.24) is 4.90 Å². The quantitative estimate of drug-likeness (QED) is 0.598. The number of anilines is 1. The van der Waals surface area contributed by atoms with Crippen LogP contribution in [0.25, 0.3) is 0 Å². The molecule has 2 heterocycles. The summed E-state index contributed by atoms with van der Waals surface area (Å²) in [5, 5.41) is 0. The molecule has 0 radical (unpaired) electrons. The van der Waals surface area contributed by atoms with Crippen LogP contribution in [-0.2, 0) is 9.59 Å². The average Bonchev–Trinajstić information content (AvgIpc) is 2.74. The van der Waals surface area contributed by atoms with Gasteiger partial charge in [-0.05, 0) is 36.4 Å².